The van der Waals surface area contributed by atoms with Crippen LogP contribution in [0.25, 0.3) is 0 Å². The monoisotopic (exact) mass is 754 g/mol. The van der Waals surface area contributed by atoms with E-state index in [1.807, 2.05) is 0 Å². The maximum atomic E-state index is 10.5. The molecular formula is C32H24O16Zr. The molecule has 4 aromatic rings. The standard InChI is InChI=1S/4C8H6O4.Zr/c4*9-7(10)5-3-1-2-4-6(5)8(11)12;/h4*1-4H,(H,9,10)(H,11,12);. The molecular weight excluding hydrogens is 732 g/mol. The van der Waals surface area contributed by atoms with Gasteiger partial charge in [-0.1, -0.05) is 48.5 Å². The second-order valence-corrected chi connectivity index (χ2v) is 8.62. The summed E-state index contributed by atoms with van der Waals surface area (Å²) in [5.74, 6) is -9.83. The van der Waals surface area contributed by atoms with Crippen LogP contribution in [0.15, 0.2) is 97.1 Å². The topological polar surface area (TPSA) is 298 Å². The Morgan fingerprint density at radius 1 is 0.245 bits per heavy atom. The van der Waals surface area contributed by atoms with Gasteiger partial charge < -0.3 is 40.9 Å². The zero-order chi connectivity index (χ0) is 36.6. The molecule has 0 bridgehead atoms. The summed E-state index contributed by atoms with van der Waals surface area (Å²) in [6.45, 7) is 0. The molecule has 0 amide bonds. The van der Waals surface area contributed by atoms with Crippen LogP contribution in [0.1, 0.15) is 82.9 Å². The molecule has 0 aliphatic rings. The SMILES string of the molecule is O=C(O)c1ccccc1C(=O)O.O=C(O)c1ccccc1C(=O)O.O=C(O)c1ccccc1C(=O)O.O=C(O)c1ccccc1C(=O)O.[Zr]. The van der Waals surface area contributed by atoms with E-state index < -0.39 is 47.8 Å². The second kappa shape index (κ2) is 20.6. The van der Waals surface area contributed by atoms with E-state index in [0.29, 0.717) is 0 Å². The largest absolute Gasteiger partial charge is 0.478 e. The number of carboxylic acids is 8. The summed E-state index contributed by atoms with van der Waals surface area (Å²) in [7, 11) is 0. The minimum atomic E-state index is -1.23. The molecule has 0 spiro atoms. The third-order valence-corrected chi connectivity index (χ3v) is 5.55. The van der Waals surface area contributed by atoms with E-state index in [0.717, 1.165) is 0 Å². The van der Waals surface area contributed by atoms with E-state index in [9.17, 15) is 38.4 Å². The Morgan fingerprint density at radius 2 is 0.327 bits per heavy atom. The molecule has 17 heteroatoms. The van der Waals surface area contributed by atoms with Crippen LogP contribution < -0.4 is 0 Å². The van der Waals surface area contributed by atoms with Crippen LogP contribution in [0.5, 0.6) is 0 Å². The van der Waals surface area contributed by atoms with Crippen LogP contribution in [0.3, 0.4) is 0 Å². The molecule has 0 radical (unpaired) electrons. The predicted octanol–water partition coefficient (Wildman–Crippen LogP) is 4.33. The van der Waals surface area contributed by atoms with E-state index in [1.54, 1.807) is 0 Å². The Kier molecular flexibility index (Phi) is 17.9. The van der Waals surface area contributed by atoms with E-state index in [1.165, 1.54) is 97.1 Å². The van der Waals surface area contributed by atoms with Gasteiger partial charge in [0.2, 0.25) is 0 Å². The molecule has 0 aliphatic heterocycles. The molecule has 0 heterocycles. The van der Waals surface area contributed by atoms with Crippen LogP contribution in [0, 0.1) is 0 Å². The Bertz CT molecular complexity index is 1460. The molecule has 49 heavy (non-hydrogen) atoms. The van der Waals surface area contributed by atoms with Gasteiger partial charge in [-0.25, -0.2) is 38.4 Å². The summed E-state index contributed by atoms with van der Waals surface area (Å²) < 4.78 is 0. The van der Waals surface area contributed by atoms with Crippen molar-refractivity contribution in [1.29, 1.82) is 0 Å². The van der Waals surface area contributed by atoms with Crippen LogP contribution in [0.2, 0.25) is 0 Å². The van der Waals surface area contributed by atoms with Gasteiger partial charge in [-0.3, -0.25) is 0 Å². The number of rotatable bonds is 8. The van der Waals surface area contributed by atoms with Gasteiger partial charge in [-0.05, 0) is 48.5 Å². The van der Waals surface area contributed by atoms with E-state index >= 15 is 0 Å². The zero-order valence-corrected chi connectivity index (χ0v) is 27.0. The van der Waals surface area contributed by atoms with Crippen molar-refractivity contribution in [3.05, 3.63) is 142 Å². The van der Waals surface area contributed by atoms with Crippen molar-refractivity contribution in [2.75, 3.05) is 0 Å². The smallest absolute Gasteiger partial charge is 0.336 e. The summed E-state index contributed by atoms with van der Waals surface area (Å²) in [6, 6.07) is 21.9. The van der Waals surface area contributed by atoms with Crippen molar-refractivity contribution in [3.8, 4) is 0 Å². The Morgan fingerprint density at radius 3 is 0.388 bits per heavy atom. The van der Waals surface area contributed by atoms with Gasteiger partial charge in [0.25, 0.3) is 0 Å². The van der Waals surface area contributed by atoms with Crippen molar-refractivity contribution in [2.24, 2.45) is 0 Å². The zero-order valence-electron chi connectivity index (χ0n) is 24.6. The van der Waals surface area contributed by atoms with Crippen LogP contribution in [-0.4, -0.2) is 88.6 Å². The fourth-order valence-electron chi connectivity index (χ4n) is 3.42. The average Bonchev–Trinajstić information content (AvgIpc) is 3.05. The average molecular weight is 756 g/mol. The van der Waals surface area contributed by atoms with Gasteiger partial charge in [0.05, 0.1) is 44.5 Å². The fourth-order valence-corrected chi connectivity index (χ4v) is 3.42. The predicted molar refractivity (Wildman–Crippen MR) is 161 cm³/mol. The molecule has 4 rings (SSSR count). The Balaban J connectivity index is 0.000000623. The van der Waals surface area contributed by atoms with Gasteiger partial charge >= 0.3 is 47.8 Å². The van der Waals surface area contributed by atoms with Gasteiger partial charge in [0, 0.05) is 26.2 Å². The minimum Gasteiger partial charge on any atom is -0.478 e. The third-order valence-electron chi connectivity index (χ3n) is 5.55. The molecule has 252 valence electrons. The number of carboxylic acid groups (broad SMARTS) is 8. The first-order chi connectivity index (χ1) is 22.5. The van der Waals surface area contributed by atoms with E-state index in [4.69, 9.17) is 40.9 Å². The summed E-state index contributed by atoms with van der Waals surface area (Å²) in [5.41, 5.74) is -1.52. The van der Waals surface area contributed by atoms with Gasteiger partial charge in [0.1, 0.15) is 0 Å². The van der Waals surface area contributed by atoms with Crippen molar-refractivity contribution < 1.29 is 105 Å². The second-order valence-electron chi connectivity index (χ2n) is 8.62. The summed E-state index contributed by atoms with van der Waals surface area (Å²) in [6.07, 6.45) is 0. The van der Waals surface area contributed by atoms with E-state index in [-0.39, 0.29) is 70.7 Å². The van der Waals surface area contributed by atoms with Crippen LogP contribution in [0.4, 0.5) is 0 Å². The Labute approximate surface area is 293 Å². The number of benzene rings is 4. The van der Waals surface area contributed by atoms with Gasteiger partial charge in [-0.2, -0.15) is 0 Å². The van der Waals surface area contributed by atoms with Crippen molar-refractivity contribution in [3.63, 3.8) is 0 Å². The molecule has 0 saturated heterocycles. The van der Waals surface area contributed by atoms with Crippen molar-refractivity contribution >= 4 is 47.8 Å². The van der Waals surface area contributed by atoms with Crippen LogP contribution in [-0.2, 0) is 26.2 Å². The summed E-state index contributed by atoms with van der Waals surface area (Å²) >= 11 is 0. The molecule has 8 N–H and O–H groups in total. The van der Waals surface area contributed by atoms with Crippen molar-refractivity contribution in [2.45, 2.75) is 0 Å². The quantitative estimate of drug-likeness (QED) is 0.124. The molecule has 0 aliphatic carbocycles. The molecule has 0 fully saturated rings. The normalized spacial score (nSPS) is 9.14. The minimum absolute atomic E-state index is 0. The Hall–Kier alpha value is -6.48. The van der Waals surface area contributed by atoms with E-state index in [2.05, 4.69) is 0 Å². The third kappa shape index (κ3) is 13.4. The maximum absolute atomic E-state index is 10.5. The fraction of sp³-hybridized carbons (Fsp3) is 0. The first-order valence-electron chi connectivity index (χ1n) is 12.7. The van der Waals surface area contributed by atoms with Gasteiger partial charge in [-0.15, -0.1) is 0 Å². The van der Waals surface area contributed by atoms with Gasteiger partial charge in [0.15, 0.2) is 0 Å². The number of carbonyl (C=O) groups is 8. The molecule has 16 nitrogen and oxygen atoms in total. The molecule has 0 saturated carbocycles. The molecule has 4 aromatic carbocycles. The number of hydrogen-bond acceptors (Lipinski definition) is 8. The molecule has 0 aromatic heterocycles. The molecule has 0 unspecified atom stereocenters. The first-order valence-corrected chi connectivity index (χ1v) is 12.7. The first kappa shape index (κ1) is 42.5. The van der Waals surface area contributed by atoms with Crippen LogP contribution >= 0.6 is 0 Å². The molecule has 0 atom stereocenters. The van der Waals surface area contributed by atoms with Crippen molar-refractivity contribution in [1.82, 2.24) is 0 Å². The number of aromatic carboxylic acids is 8. The number of hydrogen-bond donors (Lipinski definition) is 8. The summed E-state index contributed by atoms with van der Waals surface area (Å²) in [5, 5.41) is 68.4. The maximum Gasteiger partial charge on any atom is 0.336 e. The summed E-state index contributed by atoms with van der Waals surface area (Å²) in [4.78, 5) is 83.7.